The summed E-state index contributed by atoms with van der Waals surface area (Å²) in [5.74, 6) is 1.85. The molecule has 1 aromatic carbocycles. The molecule has 1 aromatic rings. The lowest BCUT2D eigenvalue weighted by molar-refractivity contribution is 0.287. The average molecular weight is 276 g/mol. The second-order valence-corrected chi connectivity index (χ2v) is 5.94. The lowest BCUT2D eigenvalue weighted by Gasteiger charge is -2.24. The van der Waals surface area contributed by atoms with Gasteiger partial charge in [-0.2, -0.15) is 0 Å². The van der Waals surface area contributed by atoms with E-state index in [1.54, 1.807) is 7.11 Å². The van der Waals surface area contributed by atoms with Crippen molar-refractivity contribution in [2.24, 2.45) is 5.92 Å². The van der Waals surface area contributed by atoms with Crippen molar-refractivity contribution in [2.75, 3.05) is 33.8 Å². The van der Waals surface area contributed by atoms with Crippen molar-refractivity contribution in [3.05, 3.63) is 29.8 Å². The second kappa shape index (κ2) is 8.28. The Morgan fingerprint density at radius 3 is 3.05 bits per heavy atom. The van der Waals surface area contributed by atoms with Gasteiger partial charge in [0.05, 0.1) is 7.11 Å². The molecule has 1 fully saturated rings. The minimum absolute atomic E-state index is 0.897. The molecule has 0 aromatic heterocycles. The van der Waals surface area contributed by atoms with Crippen LogP contribution < -0.4 is 10.1 Å². The van der Waals surface area contributed by atoms with E-state index < -0.39 is 0 Å². The van der Waals surface area contributed by atoms with Crippen LogP contribution in [0, 0.1) is 5.92 Å². The van der Waals surface area contributed by atoms with Gasteiger partial charge in [-0.15, -0.1) is 0 Å². The minimum atomic E-state index is 0.897. The summed E-state index contributed by atoms with van der Waals surface area (Å²) in [7, 11) is 3.93. The minimum Gasteiger partial charge on any atom is -0.497 e. The third-order valence-corrected chi connectivity index (χ3v) is 4.14. The Balaban J connectivity index is 1.67. The molecule has 2 rings (SSSR count). The molecule has 3 heteroatoms. The molecule has 0 radical (unpaired) electrons. The Bertz CT molecular complexity index is 388. The van der Waals surface area contributed by atoms with E-state index in [4.69, 9.17) is 4.74 Å². The summed E-state index contributed by atoms with van der Waals surface area (Å²) in [4.78, 5) is 2.41. The Morgan fingerprint density at radius 2 is 2.30 bits per heavy atom. The van der Waals surface area contributed by atoms with Crippen molar-refractivity contribution in [3.8, 4) is 5.75 Å². The summed E-state index contributed by atoms with van der Waals surface area (Å²) in [5, 5.41) is 3.50. The van der Waals surface area contributed by atoms with Gasteiger partial charge in [0.1, 0.15) is 5.75 Å². The first-order chi connectivity index (χ1) is 9.78. The molecule has 1 N–H and O–H groups in total. The Labute approximate surface area is 123 Å². The zero-order valence-corrected chi connectivity index (χ0v) is 12.9. The molecule has 1 aliphatic heterocycles. The summed E-state index contributed by atoms with van der Waals surface area (Å²) < 4.78 is 5.27. The zero-order valence-electron chi connectivity index (χ0n) is 12.9. The van der Waals surface area contributed by atoms with Gasteiger partial charge in [0.15, 0.2) is 0 Å². The highest BCUT2D eigenvalue weighted by Gasteiger charge is 2.12. The summed E-state index contributed by atoms with van der Waals surface area (Å²) in [6.45, 7) is 4.61. The fourth-order valence-corrected chi connectivity index (χ4v) is 2.98. The van der Waals surface area contributed by atoms with Gasteiger partial charge in [-0.1, -0.05) is 12.1 Å². The molecule has 0 amide bonds. The number of methoxy groups -OCH3 is 1. The fourth-order valence-electron chi connectivity index (χ4n) is 2.98. The first kappa shape index (κ1) is 15.3. The largest absolute Gasteiger partial charge is 0.497 e. The maximum atomic E-state index is 5.27. The normalized spacial score (nSPS) is 19.2. The maximum Gasteiger partial charge on any atom is 0.119 e. The summed E-state index contributed by atoms with van der Waals surface area (Å²) in [6, 6.07) is 8.36. The zero-order chi connectivity index (χ0) is 14.2. The van der Waals surface area contributed by atoms with Crippen molar-refractivity contribution in [3.63, 3.8) is 0 Å². The molecule has 0 spiro atoms. The van der Waals surface area contributed by atoms with Crippen LogP contribution in [0.25, 0.3) is 0 Å². The number of piperidine rings is 1. The van der Waals surface area contributed by atoms with Crippen molar-refractivity contribution in [1.82, 2.24) is 10.2 Å². The molecule has 1 saturated heterocycles. The standard InChI is InChI=1S/C17H28N2O/c1-19(11-5-8-15-7-4-10-18-13-15)14-16-6-3-9-17(12-16)20-2/h3,6,9,12,15,18H,4-5,7-8,10-11,13-14H2,1-2H3. The average Bonchev–Trinajstić information content (AvgIpc) is 2.48. The molecular weight excluding hydrogens is 248 g/mol. The van der Waals surface area contributed by atoms with E-state index in [0.717, 1.165) is 18.2 Å². The van der Waals surface area contributed by atoms with Crippen LogP contribution in [0.5, 0.6) is 5.75 Å². The topological polar surface area (TPSA) is 24.5 Å². The third-order valence-electron chi connectivity index (χ3n) is 4.14. The number of nitrogens with one attached hydrogen (secondary N) is 1. The SMILES string of the molecule is COc1cccc(CN(C)CCCC2CCCNC2)c1. The molecule has 1 atom stereocenters. The fraction of sp³-hybridized carbons (Fsp3) is 0.647. The molecule has 1 aliphatic rings. The Hall–Kier alpha value is -1.06. The Kier molecular flexibility index (Phi) is 6.34. The lowest BCUT2D eigenvalue weighted by Crippen LogP contribution is -2.30. The number of rotatable bonds is 7. The van der Waals surface area contributed by atoms with Gasteiger partial charge in [0.2, 0.25) is 0 Å². The molecule has 112 valence electrons. The van der Waals surface area contributed by atoms with E-state index in [1.165, 1.54) is 50.9 Å². The van der Waals surface area contributed by atoms with Crippen LogP contribution in [-0.2, 0) is 6.54 Å². The highest BCUT2D eigenvalue weighted by atomic mass is 16.5. The van der Waals surface area contributed by atoms with Crippen molar-refractivity contribution in [2.45, 2.75) is 32.2 Å². The van der Waals surface area contributed by atoms with E-state index in [0.29, 0.717) is 0 Å². The smallest absolute Gasteiger partial charge is 0.119 e. The van der Waals surface area contributed by atoms with Gasteiger partial charge in [-0.25, -0.2) is 0 Å². The monoisotopic (exact) mass is 276 g/mol. The molecule has 0 bridgehead atoms. The second-order valence-electron chi connectivity index (χ2n) is 5.94. The third kappa shape index (κ3) is 5.14. The van der Waals surface area contributed by atoms with E-state index in [-0.39, 0.29) is 0 Å². The Morgan fingerprint density at radius 1 is 1.40 bits per heavy atom. The van der Waals surface area contributed by atoms with Gasteiger partial charge in [0.25, 0.3) is 0 Å². The number of benzene rings is 1. The number of hydrogen-bond donors (Lipinski definition) is 1. The first-order valence-electron chi connectivity index (χ1n) is 7.80. The van der Waals surface area contributed by atoms with Crippen molar-refractivity contribution < 1.29 is 4.74 Å². The molecular formula is C17H28N2O. The van der Waals surface area contributed by atoms with Crippen LogP contribution in [0.3, 0.4) is 0 Å². The van der Waals surface area contributed by atoms with Crippen molar-refractivity contribution >= 4 is 0 Å². The predicted octanol–water partition coefficient (Wildman–Crippen LogP) is 2.91. The van der Waals surface area contributed by atoms with E-state index in [2.05, 4.69) is 35.5 Å². The lowest BCUT2D eigenvalue weighted by atomic mass is 9.95. The molecule has 0 aliphatic carbocycles. The molecule has 0 saturated carbocycles. The van der Waals surface area contributed by atoms with E-state index in [9.17, 15) is 0 Å². The van der Waals surface area contributed by atoms with Crippen LogP contribution in [-0.4, -0.2) is 38.7 Å². The maximum absolute atomic E-state index is 5.27. The van der Waals surface area contributed by atoms with Crippen LogP contribution in [0.15, 0.2) is 24.3 Å². The van der Waals surface area contributed by atoms with Crippen LogP contribution in [0.4, 0.5) is 0 Å². The first-order valence-corrected chi connectivity index (χ1v) is 7.80. The molecule has 20 heavy (non-hydrogen) atoms. The van der Waals surface area contributed by atoms with Crippen LogP contribution in [0.2, 0.25) is 0 Å². The highest BCUT2D eigenvalue weighted by Crippen LogP contribution is 2.17. The number of hydrogen-bond acceptors (Lipinski definition) is 3. The van der Waals surface area contributed by atoms with E-state index in [1.807, 2.05) is 6.07 Å². The quantitative estimate of drug-likeness (QED) is 0.829. The number of ether oxygens (including phenoxy) is 1. The molecule has 3 nitrogen and oxygen atoms in total. The van der Waals surface area contributed by atoms with Crippen LogP contribution >= 0.6 is 0 Å². The van der Waals surface area contributed by atoms with Gasteiger partial charge in [0, 0.05) is 6.54 Å². The summed E-state index contributed by atoms with van der Waals surface area (Å²) in [6.07, 6.45) is 5.42. The van der Waals surface area contributed by atoms with Gasteiger partial charge >= 0.3 is 0 Å². The van der Waals surface area contributed by atoms with Crippen LogP contribution in [0.1, 0.15) is 31.2 Å². The van der Waals surface area contributed by atoms with Gasteiger partial charge in [-0.05, 0) is 76.0 Å². The van der Waals surface area contributed by atoms with Gasteiger partial charge < -0.3 is 15.0 Å². The van der Waals surface area contributed by atoms with E-state index >= 15 is 0 Å². The summed E-state index contributed by atoms with van der Waals surface area (Å²) in [5.41, 5.74) is 1.33. The van der Waals surface area contributed by atoms with Crippen molar-refractivity contribution in [1.29, 1.82) is 0 Å². The molecule has 1 heterocycles. The summed E-state index contributed by atoms with van der Waals surface area (Å²) >= 11 is 0. The molecule has 1 unspecified atom stereocenters. The number of nitrogens with zero attached hydrogens (tertiary/aromatic N) is 1. The van der Waals surface area contributed by atoms with Gasteiger partial charge in [-0.3, -0.25) is 0 Å². The predicted molar refractivity (Wildman–Crippen MR) is 84.2 cm³/mol. The highest BCUT2D eigenvalue weighted by molar-refractivity contribution is 5.28.